The third-order valence-corrected chi connectivity index (χ3v) is 4.89. The Morgan fingerprint density at radius 3 is 3.08 bits per heavy atom. The number of nitrogens with zero attached hydrogens (tertiary/aromatic N) is 3. The summed E-state index contributed by atoms with van der Waals surface area (Å²) in [4.78, 5) is 18.8. The van der Waals surface area contributed by atoms with E-state index in [1.165, 1.54) is 30.0 Å². The lowest BCUT2D eigenvalue weighted by Crippen LogP contribution is -2.27. The molecule has 1 aromatic carbocycles. The van der Waals surface area contributed by atoms with Crippen molar-refractivity contribution < 1.29 is 9.18 Å². The number of carbonyl (C=O) groups is 1. The second-order valence-corrected chi connectivity index (χ2v) is 6.86. The van der Waals surface area contributed by atoms with Crippen LogP contribution in [-0.4, -0.2) is 35.1 Å². The molecule has 128 valence electrons. The standard InChI is InChI=1S/C18H17FN4OS/c1-23-6-5-16-13(10-23)7-12(9-20)18(22-16)25-11-17(24)21-15-4-2-3-14(19)8-15/h2-4,7-8H,5-6,10-11H2,1H3,(H,21,24). The highest BCUT2D eigenvalue weighted by Gasteiger charge is 2.18. The van der Waals surface area contributed by atoms with Gasteiger partial charge in [-0.25, -0.2) is 9.37 Å². The first-order chi connectivity index (χ1) is 12.0. The highest BCUT2D eigenvalue weighted by atomic mass is 32.2. The number of thioether (sulfide) groups is 1. The first-order valence-electron chi connectivity index (χ1n) is 7.85. The number of amides is 1. The fourth-order valence-corrected chi connectivity index (χ4v) is 3.46. The summed E-state index contributed by atoms with van der Waals surface area (Å²) in [6, 6.07) is 9.76. The molecule has 0 saturated carbocycles. The lowest BCUT2D eigenvalue weighted by molar-refractivity contribution is -0.113. The maximum absolute atomic E-state index is 13.1. The summed E-state index contributed by atoms with van der Waals surface area (Å²) in [5, 5.41) is 12.6. The van der Waals surface area contributed by atoms with Crippen molar-refractivity contribution in [2.75, 3.05) is 24.7 Å². The van der Waals surface area contributed by atoms with Crippen LogP contribution in [0.5, 0.6) is 0 Å². The van der Waals surface area contributed by atoms with Crippen molar-refractivity contribution in [1.82, 2.24) is 9.88 Å². The predicted octanol–water partition coefficient (Wildman–Crippen LogP) is 2.81. The van der Waals surface area contributed by atoms with Gasteiger partial charge < -0.3 is 10.2 Å². The van der Waals surface area contributed by atoms with Crippen LogP contribution in [0, 0.1) is 17.1 Å². The van der Waals surface area contributed by atoms with Crippen LogP contribution in [0.3, 0.4) is 0 Å². The monoisotopic (exact) mass is 356 g/mol. The Morgan fingerprint density at radius 1 is 1.48 bits per heavy atom. The van der Waals surface area contributed by atoms with Gasteiger partial charge in [-0.1, -0.05) is 17.8 Å². The molecule has 2 aromatic rings. The molecule has 0 aliphatic carbocycles. The number of pyridine rings is 1. The van der Waals surface area contributed by atoms with Crippen LogP contribution >= 0.6 is 11.8 Å². The number of halogens is 1. The van der Waals surface area contributed by atoms with Crippen molar-refractivity contribution in [3.05, 3.63) is 53.0 Å². The fraction of sp³-hybridized carbons (Fsp3) is 0.278. The van der Waals surface area contributed by atoms with E-state index in [0.717, 1.165) is 30.8 Å². The van der Waals surface area contributed by atoms with Crippen LogP contribution in [-0.2, 0) is 17.8 Å². The van der Waals surface area contributed by atoms with E-state index in [4.69, 9.17) is 0 Å². The molecule has 0 bridgehead atoms. The zero-order valence-electron chi connectivity index (χ0n) is 13.8. The summed E-state index contributed by atoms with van der Waals surface area (Å²) in [6.07, 6.45) is 0.834. The zero-order chi connectivity index (χ0) is 17.8. The number of nitriles is 1. The van der Waals surface area contributed by atoms with Crippen molar-refractivity contribution >= 4 is 23.4 Å². The average molecular weight is 356 g/mol. The SMILES string of the molecule is CN1CCc2nc(SCC(=O)Nc3cccc(F)c3)c(C#N)cc2C1. The van der Waals surface area contributed by atoms with Crippen molar-refractivity contribution in [2.45, 2.75) is 18.0 Å². The largest absolute Gasteiger partial charge is 0.325 e. The number of hydrogen-bond acceptors (Lipinski definition) is 5. The molecule has 1 amide bonds. The van der Waals surface area contributed by atoms with Crippen molar-refractivity contribution in [2.24, 2.45) is 0 Å². The number of anilines is 1. The first-order valence-corrected chi connectivity index (χ1v) is 8.83. The summed E-state index contributed by atoms with van der Waals surface area (Å²) in [5.41, 5.74) is 2.95. The number of benzene rings is 1. The van der Waals surface area contributed by atoms with Crippen molar-refractivity contribution in [3.63, 3.8) is 0 Å². The van der Waals surface area contributed by atoms with E-state index in [0.29, 0.717) is 16.3 Å². The smallest absolute Gasteiger partial charge is 0.234 e. The van der Waals surface area contributed by atoms with Crippen LogP contribution in [0.4, 0.5) is 10.1 Å². The number of likely N-dealkylation sites (N-methyl/N-ethyl adjacent to an activating group) is 1. The summed E-state index contributed by atoms with van der Waals surface area (Å²) in [5.74, 6) is -0.561. The first kappa shape index (κ1) is 17.4. The Hall–Kier alpha value is -2.43. The molecule has 0 saturated heterocycles. The van der Waals surface area contributed by atoms with Gasteiger partial charge in [-0.3, -0.25) is 4.79 Å². The lowest BCUT2D eigenvalue weighted by Gasteiger charge is -2.24. The number of hydrogen-bond donors (Lipinski definition) is 1. The molecule has 3 rings (SSSR count). The molecule has 0 radical (unpaired) electrons. The number of carbonyl (C=O) groups excluding carboxylic acids is 1. The fourth-order valence-electron chi connectivity index (χ4n) is 2.68. The van der Waals surface area contributed by atoms with Crippen LogP contribution < -0.4 is 5.32 Å². The van der Waals surface area contributed by atoms with Gasteiger partial charge in [0.05, 0.1) is 11.3 Å². The van der Waals surface area contributed by atoms with Crippen LogP contribution in [0.15, 0.2) is 35.4 Å². The lowest BCUT2D eigenvalue weighted by atomic mass is 10.0. The molecule has 0 unspecified atom stereocenters. The Bertz CT molecular complexity index is 849. The third-order valence-electron chi connectivity index (χ3n) is 3.90. The average Bonchev–Trinajstić information content (AvgIpc) is 2.59. The van der Waals surface area contributed by atoms with Gasteiger partial charge in [0.2, 0.25) is 5.91 Å². The van der Waals surface area contributed by atoms with Gasteiger partial charge in [-0.2, -0.15) is 5.26 Å². The molecule has 1 aromatic heterocycles. The molecule has 1 N–H and O–H groups in total. The zero-order valence-corrected chi connectivity index (χ0v) is 14.6. The summed E-state index contributed by atoms with van der Waals surface area (Å²) in [6.45, 7) is 1.71. The van der Waals surface area contributed by atoms with Gasteiger partial charge in [0.15, 0.2) is 0 Å². The normalized spacial score (nSPS) is 13.8. The quantitative estimate of drug-likeness (QED) is 0.853. The maximum atomic E-state index is 13.1. The predicted molar refractivity (Wildman–Crippen MR) is 94.7 cm³/mol. The highest BCUT2D eigenvalue weighted by Crippen LogP contribution is 2.26. The van der Waals surface area contributed by atoms with Crippen LogP contribution in [0.25, 0.3) is 0 Å². The van der Waals surface area contributed by atoms with E-state index >= 15 is 0 Å². The molecule has 5 nitrogen and oxygen atoms in total. The number of aromatic nitrogens is 1. The van der Waals surface area contributed by atoms with Gasteiger partial charge in [0.1, 0.15) is 16.9 Å². The summed E-state index contributed by atoms with van der Waals surface area (Å²) in [7, 11) is 2.04. The molecule has 0 fully saturated rings. The molecule has 25 heavy (non-hydrogen) atoms. The molecule has 0 spiro atoms. The third kappa shape index (κ3) is 4.35. The van der Waals surface area contributed by atoms with E-state index in [-0.39, 0.29) is 11.7 Å². The Labute approximate surface area is 149 Å². The highest BCUT2D eigenvalue weighted by molar-refractivity contribution is 8.00. The van der Waals surface area contributed by atoms with E-state index in [1.54, 1.807) is 6.07 Å². The second kappa shape index (κ2) is 7.64. The Morgan fingerprint density at radius 2 is 2.32 bits per heavy atom. The van der Waals surface area contributed by atoms with Gasteiger partial charge in [-0.15, -0.1) is 0 Å². The summed E-state index contributed by atoms with van der Waals surface area (Å²) >= 11 is 1.22. The van der Waals surface area contributed by atoms with Crippen molar-refractivity contribution in [1.29, 1.82) is 5.26 Å². The molecule has 2 heterocycles. The molecular weight excluding hydrogens is 339 g/mol. The molecule has 0 atom stereocenters. The van der Waals surface area contributed by atoms with Gasteiger partial charge in [-0.05, 0) is 36.9 Å². The number of nitrogens with one attached hydrogen (secondary N) is 1. The van der Waals surface area contributed by atoms with Crippen molar-refractivity contribution in [3.8, 4) is 6.07 Å². The number of fused-ring (bicyclic) bond motifs is 1. The molecular formula is C18H17FN4OS. The molecule has 7 heteroatoms. The maximum Gasteiger partial charge on any atom is 0.234 e. The van der Waals surface area contributed by atoms with E-state index in [1.807, 2.05) is 13.1 Å². The van der Waals surface area contributed by atoms with Gasteiger partial charge in [0, 0.05) is 30.9 Å². The minimum atomic E-state index is -0.404. The molecule has 1 aliphatic heterocycles. The van der Waals surface area contributed by atoms with Gasteiger partial charge in [0.25, 0.3) is 0 Å². The Kier molecular flexibility index (Phi) is 5.31. The minimum Gasteiger partial charge on any atom is -0.325 e. The van der Waals surface area contributed by atoms with Crippen LogP contribution in [0.2, 0.25) is 0 Å². The number of rotatable bonds is 4. The Balaban J connectivity index is 1.68. The molecule has 1 aliphatic rings. The second-order valence-electron chi connectivity index (χ2n) is 5.89. The van der Waals surface area contributed by atoms with Gasteiger partial charge >= 0.3 is 0 Å². The summed E-state index contributed by atoms with van der Waals surface area (Å²) < 4.78 is 13.1. The minimum absolute atomic E-state index is 0.108. The topological polar surface area (TPSA) is 69.0 Å². The van der Waals surface area contributed by atoms with E-state index < -0.39 is 5.82 Å². The van der Waals surface area contributed by atoms with E-state index in [9.17, 15) is 14.4 Å². The van der Waals surface area contributed by atoms with Crippen LogP contribution in [0.1, 0.15) is 16.8 Å². The van der Waals surface area contributed by atoms with E-state index in [2.05, 4.69) is 21.3 Å².